The Morgan fingerprint density at radius 3 is 2.86 bits per heavy atom. The van der Waals surface area contributed by atoms with Crippen molar-refractivity contribution in [2.24, 2.45) is 0 Å². The summed E-state index contributed by atoms with van der Waals surface area (Å²) in [7, 11) is 0. The third-order valence-corrected chi connectivity index (χ3v) is 2.81. The van der Waals surface area contributed by atoms with Crippen molar-refractivity contribution in [1.82, 2.24) is 8.96 Å². The fraction of sp³-hybridized carbons (Fsp3) is 0.556. The largest absolute Gasteiger partial charge is 0.338 e. The van der Waals surface area contributed by atoms with Gasteiger partial charge < -0.3 is 0 Å². The summed E-state index contributed by atoms with van der Waals surface area (Å²) in [4.78, 5) is 24.1. The highest BCUT2D eigenvalue weighted by Gasteiger charge is 1.96. The van der Waals surface area contributed by atoms with Crippen molar-refractivity contribution in [2.75, 3.05) is 5.75 Å². The first kappa shape index (κ1) is 11.1. The maximum atomic E-state index is 11.2. The van der Waals surface area contributed by atoms with Crippen LogP contribution in [0.4, 0.5) is 0 Å². The van der Waals surface area contributed by atoms with E-state index >= 15 is 0 Å². The molecule has 0 bridgehead atoms. The van der Waals surface area contributed by atoms with Gasteiger partial charge in [0.2, 0.25) is 0 Å². The van der Waals surface area contributed by atoms with Crippen LogP contribution in [-0.2, 0) is 0 Å². The summed E-state index contributed by atoms with van der Waals surface area (Å²) >= 11 is 1.43. The summed E-state index contributed by atoms with van der Waals surface area (Å²) in [6, 6.07) is 1.36. The van der Waals surface area contributed by atoms with Crippen LogP contribution in [0.25, 0.3) is 0 Å². The molecule has 78 valence electrons. The van der Waals surface area contributed by atoms with Crippen molar-refractivity contribution < 1.29 is 0 Å². The molecule has 0 saturated heterocycles. The average Bonchev–Trinajstić information content (AvgIpc) is 2.15. The topological polar surface area (TPSA) is 54.9 Å². The van der Waals surface area contributed by atoms with Gasteiger partial charge in [-0.25, -0.2) is 8.77 Å². The monoisotopic (exact) mass is 214 g/mol. The molecule has 1 N–H and O–H groups in total. The Hall–Kier alpha value is -0.970. The third-order valence-electron chi connectivity index (χ3n) is 1.77. The number of aromatic amines is 1. The highest BCUT2D eigenvalue weighted by molar-refractivity contribution is 7.97. The van der Waals surface area contributed by atoms with E-state index in [2.05, 4.69) is 11.9 Å². The fourth-order valence-electron chi connectivity index (χ4n) is 1.02. The molecule has 0 aliphatic heterocycles. The van der Waals surface area contributed by atoms with Gasteiger partial charge in [-0.05, 0) is 18.4 Å². The van der Waals surface area contributed by atoms with Gasteiger partial charge in [-0.2, -0.15) is 0 Å². The maximum Gasteiger partial charge on any atom is 0.338 e. The molecule has 4 nitrogen and oxygen atoms in total. The summed E-state index contributed by atoms with van der Waals surface area (Å²) < 4.78 is 1.46. The van der Waals surface area contributed by atoms with Gasteiger partial charge in [-0.15, -0.1) is 0 Å². The van der Waals surface area contributed by atoms with Gasteiger partial charge in [-0.1, -0.05) is 19.8 Å². The van der Waals surface area contributed by atoms with Crippen LogP contribution in [0.1, 0.15) is 26.2 Å². The predicted octanol–water partition coefficient (Wildman–Crippen LogP) is 1.22. The van der Waals surface area contributed by atoms with Gasteiger partial charge in [0, 0.05) is 18.0 Å². The number of unbranched alkanes of at least 4 members (excludes halogenated alkanes) is 2. The second-order valence-corrected chi connectivity index (χ2v) is 4.04. The van der Waals surface area contributed by atoms with E-state index in [1.165, 1.54) is 41.0 Å². The third kappa shape index (κ3) is 3.41. The molecule has 0 atom stereocenters. The minimum atomic E-state index is -0.348. The van der Waals surface area contributed by atoms with Crippen molar-refractivity contribution in [1.29, 1.82) is 0 Å². The molecule has 0 fully saturated rings. The number of nitrogens with one attached hydrogen (secondary N) is 1. The normalized spacial score (nSPS) is 10.4. The van der Waals surface area contributed by atoms with Crippen molar-refractivity contribution >= 4 is 11.9 Å². The Labute approximate surface area is 86.5 Å². The van der Waals surface area contributed by atoms with E-state index in [1.54, 1.807) is 0 Å². The molecular weight excluding hydrogens is 200 g/mol. The second kappa shape index (κ2) is 5.70. The zero-order chi connectivity index (χ0) is 10.4. The first-order chi connectivity index (χ1) is 6.74. The number of nitrogens with zero attached hydrogens (tertiary/aromatic N) is 1. The van der Waals surface area contributed by atoms with Gasteiger partial charge >= 0.3 is 5.69 Å². The van der Waals surface area contributed by atoms with E-state index in [9.17, 15) is 9.59 Å². The first-order valence-corrected chi connectivity index (χ1v) is 5.63. The van der Waals surface area contributed by atoms with Crippen LogP contribution in [0.5, 0.6) is 0 Å². The van der Waals surface area contributed by atoms with Crippen LogP contribution in [0.3, 0.4) is 0 Å². The van der Waals surface area contributed by atoms with Crippen molar-refractivity contribution in [3.05, 3.63) is 33.1 Å². The Kier molecular flexibility index (Phi) is 4.52. The molecule has 0 amide bonds. The Morgan fingerprint density at radius 1 is 1.43 bits per heavy atom. The Bertz CT molecular complexity index is 383. The van der Waals surface area contributed by atoms with Crippen LogP contribution in [0.15, 0.2) is 21.9 Å². The Balaban J connectivity index is 2.51. The van der Waals surface area contributed by atoms with Gasteiger partial charge in [0.25, 0.3) is 5.56 Å². The lowest BCUT2D eigenvalue weighted by molar-refractivity contribution is 0.777. The fourth-order valence-corrected chi connectivity index (χ4v) is 1.86. The number of hydrogen-bond donors (Lipinski definition) is 1. The molecule has 0 aliphatic rings. The highest BCUT2D eigenvalue weighted by Crippen LogP contribution is 2.05. The summed E-state index contributed by atoms with van der Waals surface area (Å²) in [6.45, 7) is 2.14. The lowest BCUT2D eigenvalue weighted by Crippen LogP contribution is -2.25. The number of hydrogen-bond acceptors (Lipinski definition) is 3. The molecule has 0 unspecified atom stereocenters. The minimum Gasteiger partial charge on any atom is -0.273 e. The molecule has 0 aliphatic carbocycles. The first-order valence-electron chi connectivity index (χ1n) is 4.69. The summed E-state index contributed by atoms with van der Waals surface area (Å²) in [5.74, 6) is 0.903. The highest BCUT2D eigenvalue weighted by atomic mass is 32.2. The van der Waals surface area contributed by atoms with E-state index in [0.29, 0.717) is 0 Å². The van der Waals surface area contributed by atoms with Crippen LogP contribution in [0.2, 0.25) is 0 Å². The average molecular weight is 214 g/mol. The molecule has 1 rings (SSSR count). The maximum absolute atomic E-state index is 11.2. The summed E-state index contributed by atoms with van der Waals surface area (Å²) in [5.41, 5.74) is -0.695. The van der Waals surface area contributed by atoms with E-state index in [-0.39, 0.29) is 11.2 Å². The van der Waals surface area contributed by atoms with E-state index in [0.717, 1.165) is 12.2 Å². The number of H-pyrrole nitrogens is 1. The lowest BCUT2D eigenvalue weighted by Gasteiger charge is -2.01. The van der Waals surface area contributed by atoms with Gasteiger partial charge in [0.1, 0.15) is 0 Å². The molecule has 1 aromatic rings. The molecule has 1 heterocycles. The molecule has 5 heteroatoms. The minimum absolute atomic E-state index is 0.347. The lowest BCUT2D eigenvalue weighted by atomic mass is 10.3. The van der Waals surface area contributed by atoms with E-state index in [4.69, 9.17) is 0 Å². The number of rotatable bonds is 5. The van der Waals surface area contributed by atoms with Crippen LogP contribution in [0, 0.1) is 0 Å². The zero-order valence-electron chi connectivity index (χ0n) is 8.16. The molecule has 0 radical (unpaired) electrons. The number of aromatic nitrogens is 2. The SMILES string of the molecule is CCCCCSn1ccc(=O)[nH]c1=O. The second-order valence-electron chi connectivity index (χ2n) is 2.98. The van der Waals surface area contributed by atoms with Crippen LogP contribution in [-0.4, -0.2) is 14.7 Å². The molecule has 1 aromatic heterocycles. The molecule has 0 spiro atoms. The quantitative estimate of drug-likeness (QED) is 0.750. The molecule has 0 aromatic carbocycles. The predicted molar refractivity (Wildman–Crippen MR) is 58.7 cm³/mol. The Morgan fingerprint density at radius 2 is 2.21 bits per heavy atom. The molecule has 14 heavy (non-hydrogen) atoms. The zero-order valence-corrected chi connectivity index (χ0v) is 8.97. The molecular formula is C9H14N2O2S. The van der Waals surface area contributed by atoms with E-state index < -0.39 is 0 Å². The van der Waals surface area contributed by atoms with Crippen molar-refractivity contribution in [3.63, 3.8) is 0 Å². The van der Waals surface area contributed by atoms with Crippen LogP contribution >= 0.6 is 11.9 Å². The summed E-state index contributed by atoms with van der Waals surface area (Å²) in [6.07, 6.45) is 4.94. The van der Waals surface area contributed by atoms with Gasteiger partial charge in [0.05, 0.1) is 0 Å². The summed E-state index contributed by atoms with van der Waals surface area (Å²) in [5, 5.41) is 0. The van der Waals surface area contributed by atoms with Gasteiger partial charge in [0.15, 0.2) is 0 Å². The van der Waals surface area contributed by atoms with Crippen LogP contribution < -0.4 is 11.2 Å². The van der Waals surface area contributed by atoms with Crippen molar-refractivity contribution in [3.8, 4) is 0 Å². The van der Waals surface area contributed by atoms with E-state index in [1.807, 2.05) is 0 Å². The molecule has 0 saturated carbocycles. The standard InChI is InChI=1S/C9H14N2O2S/c1-2-3-4-7-14-11-6-5-8(12)10-9(11)13/h5-6H,2-4,7H2,1H3,(H,10,12,13). The van der Waals surface area contributed by atoms with Crippen molar-refractivity contribution in [2.45, 2.75) is 26.2 Å². The van der Waals surface area contributed by atoms with Gasteiger partial charge in [-0.3, -0.25) is 9.78 Å². The smallest absolute Gasteiger partial charge is 0.273 e.